The van der Waals surface area contributed by atoms with Crippen LogP contribution in [0.1, 0.15) is 0 Å². The summed E-state index contributed by atoms with van der Waals surface area (Å²) in [6.07, 6.45) is 0. The van der Waals surface area contributed by atoms with Crippen LogP contribution in [0, 0.1) is 20.2 Å². The van der Waals surface area contributed by atoms with Crippen molar-refractivity contribution in [3.63, 3.8) is 0 Å². The van der Waals surface area contributed by atoms with E-state index in [1.165, 1.54) is 0 Å². The van der Waals surface area contributed by atoms with Gasteiger partial charge in [-0.1, -0.05) is 31.5 Å². The van der Waals surface area contributed by atoms with Crippen molar-refractivity contribution in [3.05, 3.63) is 31.3 Å². The minimum Gasteiger partial charge on any atom is -0.355 e. The molecular weight excluding hydrogens is 284 g/mol. The minimum atomic E-state index is -1.07. The molecule has 0 radical (unpaired) electrons. The number of hydrogen-bond acceptors (Lipinski definition) is 12. The minimum absolute atomic E-state index is 0.363. The zero-order valence-corrected chi connectivity index (χ0v) is 8.89. The number of aromatic nitrogens is 8. The lowest BCUT2D eigenvalue weighted by Gasteiger charge is -2.02. The summed E-state index contributed by atoms with van der Waals surface area (Å²) in [5.74, 6) is -0.949. The molecule has 0 aliphatic carbocycles. The van der Waals surface area contributed by atoms with E-state index in [2.05, 4.69) is 52.3 Å². The van der Waals surface area contributed by atoms with Crippen LogP contribution < -0.4 is 0 Å². The van der Waals surface area contributed by atoms with Gasteiger partial charge in [-0.2, -0.15) is 10.4 Å². The molecule has 0 aliphatic heterocycles. The van der Waals surface area contributed by atoms with E-state index in [-0.39, 0.29) is 0 Å². The Morgan fingerprint density at radius 1 is 0.900 bits per heavy atom. The molecule has 0 spiro atoms. The van der Waals surface area contributed by atoms with Gasteiger partial charge in [-0.3, -0.25) is 0 Å². The molecule has 0 atom stereocenters. The summed E-state index contributed by atoms with van der Waals surface area (Å²) in [6, 6.07) is 0. The smallest absolute Gasteiger partial charge is 0.355 e. The molecule has 2 rings (SSSR count). The van der Waals surface area contributed by atoms with Crippen molar-refractivity contribution in [1.29, 1.82) is 0 Å². The molecule has 0 fully saturated rings. The van der Waals surface area contributed by atoms with Gasteiger partial charge in [0.25, 0.3) is 0 Å². The summed E-state index contributed by atoms with van der Waals surface area (Å²) in [7, 11) is 0. The Morgan fingerprint density at radius 2 is 1.30 bits per heavy atom. The van der Waals surface area contributed by atoms with Crippen LogP contribution >= 0.6 is 0 Å². The van der Waals surface area contributed by atoms with Gasteiger partial charge in [0.1, 0.15) is 0 Å². The quantitative estimate of drug-likeness (QED) is 0.346. The monoisotopic (exact) mass is 284 g/mol. The highest BCUT2D eigenvalue weighted by Crippen LogP contribution is 2.14. The molecule has 104 valence electrons. The van der Waals surface area contributed by atoms with Crippen molar-refractivity contribution in [3.8, 4) is 0 Å². The van der Waals surface area contributed by atoms with Crippen LogP contribution in [-0.2, 0) is 0 Å². The molecule has 0 aromatic carbocycles. The van der Waals surface area contributed by atoms with Crippen LogP contribution in [0.5, 0.6) is 0 Å². The van der Waals surface area contributed by atoms with Crippen molar-refractivity contribution in [2.45, 2.75) is 0 Å². The molecular formula is C2N14O4-2. The van der Waals surface area contributed by atoms with Gasteiger partial charge < -0.3 is 20.2 Å². The van der Waals surface area contributed by atoms with Crippen molar-refractivity contribution >= 4 is 11.9 Å². The van der Waals surface area contributed by atoms with Crippen LogP contribution in [0.4, 0.5) is 11.9 Å². The molecule has 0 saturated carbocycles. The Morgan fingerprint density at radius 3 is 1.65 bits per heavy atom. The van der Waals surface area contributed by atoms with E-state index in [1.54, 1.807) is 0 Å². The van der Waals surface area contributed by atoms with Gasteiger partial charge in [0, 0.05) is 0 Å². The first kappa shape index (κ1) is 12.6. The zero-order chi connectivity index (χ0) is 14.5. The molecule has 2 heterocycles. The second-order valence-corrected chi connectivity index (χ2v) is 2.59. The Balaban J connectivity index is 2.17. The normalized spacial score (nSPS) is 10.6. The molecule has 0 amide bonds. The average Bonchev–Trinajstić information content (AvgIpc) is 2.95. The zero-order valence-electron chi connectivity index (χ0n) is 8.89. The number of azo groups is 1. The molecule has 20 heavy (non-hydrogen) atoms. The Labute approximate surface area is 105 Å². The lowest BCUT2D eigenvalue weighted by molar-refractivity contribution is -0.434. The lowest BCUT2D eigenvalue weighted by atomic mass is 11.0. The van der Waals surface area contributed by atoms with Crippen molar-refractivity contribution in [2.75, 3.05) is 0 Å². The Hall–Kier alpha value is -3.86. The largest absolute Gasteiger partial charge is 0.371 e. The van der Waals surface area contributed by atoms with Crippen molar-refractivity contribution in [2.24, 2.45) is 10.2 Å². The second kappa shape index (κ2) is 5.19. The molecule has 0 bridgehead atoms. The van der Waals surface area contributed by atoms with E-state index in [1.807, 2.05) is 0 Å². The van der Waals surface area contributed by atoms with Gasteiger partial charge in [-0.05, 0) is 10.1 Å². The maximum absolute atomic E-state index is 10.2. The molecule has 0 aliphatic rings. The van der Waals surface area contributed by atoms with E-state index in [0.29, 0.717) is 9.58 Å². The van der Waals surface area contributed by atoms with Crippen molar-refractivity contribution < 1.29 is 10.1 Å². The third-order valence-electron chi connectivity index (χ3n) is 1.42. The fraction of sp³-hybridized carbons (Fsp3) is 0. The molecule has 18 heteroatoms. The highest BCUT2D eigenvalue weighted by Gasteiger charge is 2.09. The Bertz CT molecular complexity index is 595. The van der Waals surface area contributed by atoms with E-state index in [4.69, 9.17) is 0 Å². The number of nitro groups is 2. The molecule has 0 unspecified atom stereocenters. The van der Waals surface area contributed by atoms with Gasteiger partial charge in [-0.15, -0.1) is 20.0 Å². The number of hydrogen-bond donors (Lipinski definition) is 0. The number of rotatable bonds is 6. The molecule has 0 saturated heterocycles. The first-order valence-electron chi connectivity index (χ1n) is 4.27. The molecule has 2 aromatic rings. The molecule has 2 aromatic heterocycles. The van der Waals surface area contributed by atoms with Gasteiger partial charge in [0.05, 0.1) is 0 Å². The van der Waals surface area contributed by atoms with E-state index in [9.17, 15) is 20.2 Å². The van der Waals surface area contributed by atoms with E-state index < -0.39 is 22.0 Å². The maximum atomic E-state index is 10.2. The third kappa shape index (κ3) is 2.88. The second-order valence-electron chi connectivity index (χ2n) is 2.59. The van der Waals surface area contributed by atoms with Crippen molar-refractivity contribution in [1.82, 2.24) is 40.6 Å². The average molecular weight is 284 g/mol. The third-order valence-corrected chi connectivity index (χ3v) is 1.42. The number of nitrogens with zero attached hydrogens (tertiary/aromatic N) is 14. The van der Waals surface area contributed by atoms with Crippen LogP contribution in [0.25, 0.3) is 11.1 Å². The maximum Gasteiger partial charge on any atom is 0.371 e. The molecule has 18 nitrogen and oxygen atoms in total. The summed E-state index contributed by atoms with van der Waals surface area (Å²) in [5, 5.41) is 43.8. The predicted molar refractivity (Wildman–Crippen MR) is 51.3 cm³/mol. The topological polar surface area (TPSA) is 226 Å². The fourth-order valence-corrected chi connectivity index (χ4v) is 0.819. The highest BCUT2D eigenvalue weighted by atomic mass is 16.7. The summed E-state index contributed by atoms with van der Waals surface area (Å²) in [4.78, 5) is 21.0. The molecule has 0 N–H and O–H groups in total. The summed E-state index contributed by atoms with van der Waals surface area (Å²) in [6.45, 7) is 0. The summed E-state index contributed by atoms with van der Waals surface area (Å²) < 4.78 is 0. The van der Waals surface area contributed by atoms with E-state index in [0.717, 1.165) is 0 Å². The predicted octanol–water partition coefficient (Wildman–Crippen LogP) is -1.27. The van der Waals surface area contributed by atoms with Crippen LogP contribution in [-0.4, -0.2) is 50.7 Å². The first-order valence-corrected chi connectivity index (χ1v) is 4.27. The van der Waals surface area contributed by atoms with Crippen LogP contribution in [0.2, 0.25) is 0 Å². The van der Waals surface area contributed by atoms with Crippen LogP contribution in [0.15, 0.2) is 10.2 Å². The van der Waals surface area contributed by atoms with Gasteiger partial charge in [0.15, 0.2) is 0 Å². The number of tetrazole rings is 2. The van der Waals surface area contributed by atoms with Gasteiger partial charge >= 0.3 is 11.9 Å². The standard InChI is InChI=1S/C2N14O4/c17-15(18)11-13-1(5-7-9-13)3-4-2-6-8-10-14(2)12-16(19)20/q-2/b4-3+. The van der Waals surface area contributed by atoms with E-state index >= 15 is 0 Å². The summed E-state index contributed by atoms with van der Waals surface area (Å²) >= 11 is 0. The first-order chi connectivity index (χ1) is 9.56. The lowest BCUT2D eigenvalue weighted by Crippen LogP contribution is -2.02. The van der Waals surface area contributed by atoms with Gasteiger partial charge in [0.2, 0.25) is 0 Å². The summed E-state index contributed by atoms with van der Waals surface area (Å²) in [5.41, 5.74) is 5.50. The SMILES string of the molecule is O=[N+]([O-])[N-]n1nnnc1/N=N/c1nnnn1[N-][N+](=O)[O-]. The van der Waals surface area contributed by atoms with Crippen LogP contribution in [0.3, 0.4) is 0 Å². The Kier molecular flexibility index (Phi) is 3.27. The highest BCUT2D eigenvalue weighted by molar-refractivity contribution is 5.16. The fourth-order valence-electron chi connectivity index (χ4n) is 0.819. The van der Waals surface area contributed by atoms with Gasteiger partial charge in [-0.25, -0.2) is 0 Å².